The van der Waals surface area contributed by atoms with Gasteiger partial charge in [0.15, 0.2) is 0 Å². The van der Waals surface area contributed by atoms with Crippen molar-refractivity contribution < 1.29 is 0 Å². The van der Waals surface area contributed by atoms with Crippen molar-refractivity contribution in [2.45, 2.75) is 26.4 Å². The Labute approximate surface area is 124 Å². The maximum Gasteiger partial charge on any atom is 0.0894 e. The zero-order valence-electron chi connectivity index (χ0n) is 12.1. The lowest BCUT2D eigenvalue weighted by Gasteiger charge is -2.13. The van der Waals surface area contributed by atoms with Crippen LogP contribution in [0, 0.1) is 0 Å². The van der Waals surface area contributed by atoms with Crippen molar-refractivity contribution in [2.24, 2.45) is 0 Å². The van der Waals surface area contributed by atoms with Gasteiger partial charge in [0.25, 0.3) is 0 Å². The van der Waals surface area contributed by atoms with Crippen LogP contribution in [0.15, 0.2) is 55.0 Å². The summed E-state index contributed by atoms with van der Waals surface area (Å²) in [6.07, 6.45) is 6.80. The number of aryl methyl sites for hydroxylation is 1. The summed E-state index contributed by atoms with van der Waals surface area (Å²) in [4.78, 5) is 0. The second-order valence-corrected chi connectivity index (χ2v) is 4.91. The second kappa shape index (κ2) is 6.26. The van der Waals surface area contributed by atoms with Crippen LogP contribution in [0.2, 0.25) is 0 Å². The molecule has 5 nitrogen and oxygen atoms in total. The van der Waals surface area contributed by atoms with Gasteiger partial charge in [0, 0.05) is 18.4 Å². The molecule has 0 fully saturated rings. The van der Waals surface area contributed by atoms with Crippen LogP contribution in [0.5, 0.6) is 0 Å². The van der Waals surface area contributed by atoms with Crippen molar-refractivity contribution in [2.75, 3.05) is 5.32 Å². The number of benzene rings is 1. The van der Waals surface area contributed by atoms with Crippen LogP contribution in [-0.4, -0.2) is 19.6 Å². The minimum atomic E-state index is 0.790. The lowest BCUT2D eigenvalue weighted by atomic mass is 10.2. The molecular weight excluding hydrogens is 262 g/mol. The largest absolute Gasteiger partial charge is 0.378 e. The molecule has 0 aliphatic heterocycles. The summed E-state index contributed by atoms with van der Waals surface area (Å²) < 4.78 is 4.05. The summed E-state index contributed by atoms with van der Waals surface area (Å²) in [5, 5.41) is 11.4. The zero-order valence-corrected chi connectivity index (χ0v) is 12.1. The summed E-state index contributed by atoms with van der Waals surface area (Å²) in [6.45, 7) is 4.03. The van der Waals surface area contributed by atoms with E-state index in [0.29, 0.717) is 0 Å². The van der Waals surface area contributed by atoms with Crippen LogP contribution < -0.4 is 5.32 Å². The van der Waals surface area contributed by atoms with Crippen LogP contribution in [0.3, 0.4) is 0 Å². The lowest BCUT2D eigenvalue weighted by Crippen LogP contribution is -2.09. The van der Waals surface area contributed by atoms with Crippen LogP contribution >= 0.6 is 0 Å². The van der Waals surface area contributed by atoms with Gasteiger partial charge in [-0.15, -0.1) is 5.10 Å². The molecular formula is C16H19N5. The number of para-hydroxylation sites is 2. The number of hydrogen-bond acceptors (Lipinski definition) is 3. The van der Waals surface area contributed by atoms with Crippen molar-refractivity contribution in [1.29, 1.82) is 0 Å². The summed E-state index contributed by atoms with van der Waals surface area (Å²) in [5.41, 5.74) is 3.33. The predicted octanol–water partition coefficient (Wildman–Crippen LogP) is 3.09. The Morgan fingerprint density at radius 1 is 1.10 bits per heavy atom. The van der Waals surface area contributed by atoms with Crippen LogP contribution in [-0.2, 0) is 13.1 Å². The molecule has 0 aliphatic carbocycles. The van der Waals surface area contributed by atoms with Gasteiger partial charge < -0.3 is 9.88 Å². The van der Waals surface area contributed by atoms with Gasteiger partial charge in [-0.1, -0.05) is 24.3 Å². The minimum Gasteiger partial charge on any atom is -0.378 e. The number of aromatic nitrogens is 4. The lowest BCUT2D eigenvalue weighted by molar-refractivity contribution is 0.654. The Bertz CT molecular complexity index is 684. The molecule has 0 radical (unpaired) electrons. The number of hydrogen-bond donors (Lipinski definition) is 1. The highest BCUT2D eigenvalue weighted by molar-refractivity contribution is 5.60. The molecule has 0 spiro atoms. The number of rotatable bonds is 6. The van der Waals surface area contributed by atoms with E-state index in [1.54, 1.807) is 10.9 Å². The first-order valence-electron chi connectivity index (χ1n) is 7.22. The van der Waals surface area contributed by atoms with E-state index in [-0.39, 0.29) is 0 Å². The zero-order chi connectivity index (χ0) is 14.5. The number of nitrogens with zero attached hydrogens (tertiary/aromatic N) is 4. The Balaban J connectivity index is 1.78. The first kappa shape index (κ1) is 13.4. The summed E-state index contributed by atoms with van der Waals surface area (Å²) >= 11 is 0. The fourth-order valence-electron chi connectivity index (χ4n) is 2.41. The van der Waals surface area contributed by atoms with E-state index in [2.05, 4.69) is 51.5 Å². The second-order valence-electron chi connectivity index (χ2n) is 4.91. The van der Waals surface area contributed by atoms with E-state index in [1.165, 1.54) is 5.69 Å². The molecule has 3 aromatic rings. The molecule has 3 rings (SSSR count). The summed E-state index contributed by atoms with van der Waals surface area (Å²) in [5.74, 6) is 0. The standard InChI is InChI=1S/C16H19N5/c1-2-10-20-11-5-6-14(20)13-17-15-7-3-4-8-16(15)21-12-9-18-19-21/h3-9,11-12,17H,2,10,13H2,1H3. The van der Waals surface area contributed by atoms with Gasteiger partial charge in [0.2, 0.25) is 0 Å². The number of nitrogens with one attached hydrogen (secondary N) is 1. The van der Waals surface area contributed by atoms with Crippen molar-refractivity contribution in [1.82, 2.24) is 19.6 Å². The Kier molecular flexibility index (Phi) is 4.00. The van der Waals surface area contributed by atoms with Crippen LogP contribution in [0.1, 0.15) is 19.0 Å². The Morgan fingerprint density at radius 2 is 2.00 bits per heavy atom. The normalized spacial score (nSPS) is 10.7. The van der Waals surface area contributed by atoms with Crippen molar-refractivity contribution in [3.63, 3.8) is 0 Å². The molecule has 2 aromatic heterocycles. The van der Waals surface area contributed by atoms with Crippen molar-refractivity contribution >= 4 is 5.69 Å². The maximum atomic E-state index is 4.06. The fourth-order valence-corrected chi connectivity index (χ4v) is 2.41. The fraction of sp³-hybridized carbons (Fsp3) is 0.250. The Morgan fingerprint density at radius 3 is 2.81 bits per heavy atom. The van der Waals surface area contributed by atoms with Crippen molar-refractivity contribution in [3.8, 4) is 5.69 Å². The maximum absolute atomic E-state index is 4.06. The first-order chi connectivity index (χ1) is 10.4. The molecule has 1 aromatic carbocycles. The molecule has 5 heteroatoms. The highest BCUT2D eigenvalue weighted by atomic mass is 15.4. The summed E-state index contributed by atoms with van der Waals surface area (Å²) in [7, 11) is 0. The van der Waals surface area contributed by atoms with Gasteiger partial charge in [-0.25, -0.2) is 4.68 Å². The molecule has 0 unspecified atom stereocenters. The topological polar surface area (TPSA) is 47.7 Å². The smallest absolute Gasteiger partial charge is 0.0894 e. The van der Waals surface area contributed by atoms with E-state index in [0.717, 1.165) is 30.9 Å². The molecule has 0 atom stereocenters. The molecule has 0 saturated heterocycles. The average molecular weight is 281 g/mol. The van der Waals surface area contributed by atoms with Gasteiger partial charge in [0.1, 0.15) is 0 Å². The van der Waals surface area contributed by atoms with E-state index in [9.17, 15) is 0 Å². The molecule has 0 amide bonds. The van der Waals surface area contributed by atoms with Gasteiger partial charge in [0.05, 0.1) is 30.3 Å². The molecule has 108 valence electrons. The SMILES string of the molecule is CCCn1cccc1CNc1ccccc1-n1ccnn1. The molecule has 0 bridgehead atoms. The molecule has 0 aliphatic rings. The Hall–Kier alpha value is -2.56. The quantitative estimate of drug-likeness (QED) is 0.755. The van der Waals surface area contributed by atoms with E-state index < -0.39 is 0 Å². The third-order valence-electron chi connectivity index (χ3n) is 3.42. The van der Waals surface area contributed by atoms with Gasteiger partial charge >= 0.3 is 0 Å². The third kappa shape index (κ3) is 2.97. The molecule has 1 N–H and O–H groups in total. The minimum absolute atomic E-state index is 0.790. The van der Waals surface area contributed by atoms with Gasteiger partial charge in [-0.05, 0) is 30.7 Å². The number of anilines is 1. The van der Waals surface area contributed by atoms with Crippen molar-refractivity contribution in [3.05, 3.63) is 60.7 Å². The van der Waals surface area contributed by atoms with E-state index in [1.807, 2.05) is 24.4 Å². The van der Waals surface area contributed by atoms with Crippen LogP contribution in [0.4, 0.5) is 5.69 Å². The molecule has 0 saturated carbocycles. The third-order valence-corrected chi connectivity index (χ3v) is 3.42. The average Bonchev–Trinajstić information content (AvgIpc) is 3.17. The molecule has 2 heterocycles. The first-order valence-corrected chi connectivity index (χ1v) is 7.22. The molecule has 21 heavy (non-hydrogen) atoms. The highest BCUT2D eigenvalue weighted by Gasteiger charge is 2.05. The van der Waals surface area contributed by atoms with Crippen LogP contribution in [0.25, 0.3) is 5.69 Å². The highest BCUT2D eigenvalue weighted by Crippen LogP contribution is 2.19. The predicted molar refractivity (Wildman–Crippen MR) is 83.4 cm³/mol. The monoisotopic (exact) mass is 281 g/mol. The summed E-state index contributed by atoms with van der Waals surface area (Å²) in [6, 6.07) is 12.4. The van der Waals surface area contributed by atoms with Gasteiger partial charge in [-0.2, -0.15) is 0 Å². The van der Waals surface area contributed by atoms with Gasteiger partial charge in [-0.3, -0.25) is 0 Å². The van der Waals surface area contributed by atoms with E-state index >= 15 is 0 Å². The van der Waals surface area contributed by atoms with E-state index in [4.69, 9.17) is 0 Å².